The molecule has 0 unspecified atom stereocenters. The number of nitrogens with one attached hydrogen (secondary N) is 1. The molecule has 0 radical (unpaired) electrons. The number of amides is 2. The normalized spacial score (nSPS) is 12.4. The Kier molecular flexibility index (Phi) is 10.3. The predicted molar refractivity (Wildman–Crippen MR) is 163 cm³/mol. The summed E-state index contributed by atoms with van der Waals surface area (Å²) in [6.45, 7) is 8.38. The van der Waals surface area contributed by atoms with Crippen molar-refractivity contribution in [1.82, 2.24) is 10.2 Å². The van der Waals surface area contributed by atoms with Crippen LogP contribution < -0.4 is 14.4 Å². The van der Waals surface area contributed by atoms with E-state index in [9.17, 15) is 18.0 Å². The van der Waals surface area contributed by atoms with Crippen molar-refractivity contribution in [3.05, 3.63) is 87.9 Å². The molecule has 11 heteroatoms. The molecule has 8 nitrogen and oxygen atoms in total. The van der Waals surface area contributed by atoms with Gasteiger partial charge in [0.25, 0.3) is 10.0 Å². The third-order valence-corrected chi connectivity index (χ3v) is 8.57. The van der Waals surface area contributed by atoms with Gasteiger partial charge in [-0.2, -0.15) is 0 Å². The van der Waals surface area contributed by atoms with Crippen LogP contribution in [-0.4, -0.2) is 50.4 Å². The van der Waals surface area contributed by atoms with Crippen molar-refractivity contribution in [3.63, 3.8) is 0 Å². The molecule has 0 aliphatic heterocycles. The van der Waals surface area contributed by atoms with E-state index in [2.05, 4.69) is 5.32 Å². The number of rotatable bonds is 10. The summed E-state index contributed by atoms with van der Waals surface area (Å²) in [6.07, 6.45) is 0. The highest BCUT2D eigenvalue weighted by Crippen LogP contribution is 2.33. The highest BCUT2D eigenvalue weighted by molar-refractivity contribution is 7.92. The monoisotopic (exact) mass is 619 g/mol. The fraction of sp³-hybridized carbons (Fsp3) is 0.333. The minimum atomic E-state index is -4.27. The number of benzene rings is 3. The smallest absolute Gasteiger partial charge is 0.264 e. The predicted octanol–water partition coefficient (Wildman–Crippen LogP) is 5.84. The van der Waals surface area contributed by atoms with Gasteiger partial charge >= 0.3 is 0 Å². The van der Waals surface area contributed by atoms with Crippen LogP contribution in [0.25, 0.3) is 0 Å². The van der Waals surface area contributed by atoms with Crippen LogP contribution in [0.15, 0.2) is 71.6 Å². The lowest BCUT2D eigenvalue weighted by atomic mass is 10.1. The second kappa shape index (κ2) is 13.1. The molecule has 0 fully saturated rings. The summed E-state index contributed by atoms with van der Waals surface area (Å²) >= 11 is 12.7. The summed E-state index contributed by atoms with van der Waals surface area (Å²) in [6, 6.07) is 16.8. The van der Waals surface area contributed by atoms with E-state index in [1.165, 1.54) is 35.2 Å². The SMILES string of the molecule is COc1ccc(CN(C(=O)CN(c2cc(Cl)ccc2Cl)S(=O)(=O)c2ccc(C)cc2)[C@H](C)C(=O)NC(C)(C)C)cc1. The molecule has 0 aliphatic carbocycles. The molecule has 0 heterocycles. The Bertz CT molecular complexity index is 1490. The zero-order chi connectivity index (χ0) is 30.5. The lowest BCUT2D eigenvalue weighted by Gasteiger charge is -2.33. The first-order valence-electron chi connectivity index (χ1n) is 12.9. The van der Waals surface area contributed by atoms with Crippen molar-refractivity contribution in [2.45, 2.75) is 57.6 Å². The largest absolute Gasteiger partial charge is 0.497 e. The molecule has 3 aromatic carbocycles. The molecule has 2 amide bonds. The van der Waals surface area contributed by atoms with Gasteiger partial charge < -0.3 is 15.0 Å². The van der Waals surface area contributed by atoms with Gasteiger partial charge in [0, 0.05) is 17.1 Å². The van der Waals surface area contributed by atoms with Crippen molar-refractivity contribution in [1.29, 1.82) is 0 Å². The topological polar surface area (TPSA) is 96.0 Å². The second-order valence-corrected chi connectivity index (χ2v) is 13.4. The van der Waals surface area contributed by atoms with E-state index in [1.807, 2.05) is 27.7 Å². The van der Waals surface area contributed by atoms with E-state index in [0.717, 1.165) is 15.4 Å². The maximum Gasteiger partial charge on any atom is 0.264 e. The molecule has 1 atom stereocenters. The van der Waals surface area contributed by atoms with Gasteiger partial charge in [0.05, 0.1) is 22.7 Å². The number of hydrogen-bond acceptors (Lipinski definition) is 5. The van der Waals surface area contributed by atoms with Crippen molar-refractivity contribution in [2.24, 2.45) is 0 Å². The molecule has 0 saturated carbocycles. The van der Waals surface area contributed by atoms with Gasteiger partial charge in [-0.05, 0) is 82.6 Å². The Labute approximate surface area is 252 Å². The Morgan fingerprint density at radius 3 is 2.15 bits per heavy atom. The van der Waals surface area contributed by atoms with Gasteiger partial charge in [-0.1, -0.05) is 53.0 Å². The standard InChI is InChI=1S/C30H35Cl2N3O5S/c1-20-7-14-25(15-8-20)41(38,39)35(27-17-23(31)11-16-26(27)32)19-28(36)34(21(2)29(37)33-30(3,4)5)18-22-9-12-24(40-6)13-10-22/h7-17,21H,18-19H2,1-6H3,(H,33,37)/t21-/m1/s1. The summed E-state index contributed by atoms with van der Waals surface area (Å²) in [5, 5.41) is 3.24. The fourth-order valence-corrected chi connectivity index (χ4v) is 5.87. The number of halogens is 2. The highest BCUT2D eigenvalue weighted by atomic mass is 35.5. The van der Waals surface area contributed by atoms with Crippen LogP contribution in [0, 0.1) is 6.92 Å². The molecule has 0 bridgehead atoms. The average Bonchev–Trinajstić information content (AvgIpc) is 2.91. The van der Waals surface area contributed by atoms with Crippen LogP contribution in [0.2, 0.25) is 10.0 Å². The van der Waals surface area contributed by atoms with Gasteiger partial charge in [0.1, 0.15) is 18.3 Å². The van der Waals surface area contributed by atoms with Crippen molar-refractivity contribution >= 4 is 50.7 Å². The van der Waals surface area contributed by atoms with E-state index in [0.29, 0.717) is 5.75 Å². The van der Waals surface area contributed by atoms with E-state index >= 15 is 0 Å². The number of hydrogen-bond donors (Lipinski definition) is 1. The zero-order valence-electron chi connectivity index (χ0n) is 23.9. The van der Waals surface area contributed by atoms with Gasteiger partial charge in [0.2, 0.25) is 11.8 Å². The van der Waals surface area contributed by atoms with E-state index in [4.69, 9.17) is 27.9 Å². The molecular formula is C30H35Cl2N3O5S. The molecule has 1 N–H and O–H groups in total. The molecule has 0 saturated heterocycles. The number of methoxy groups -OCH3 is 1. The van der Waals surface area contributed by atoms with Crippen LogP contribution in [0.1, 0.15) is 38.8 Å². The first kappa shape index (κ1) is 32.2. The molecular weight excluding hydrogens is 585 g/mol. The molecule has 0 aromatic heterocycles. The number of aryl methyl sites for hydroxylation is 1. The molecule has 220 valence electrons. The average molecular weight is 621 g/mol. The van der Waals surface area contributed by atoms with Crippen LogP contribution in [0.4, 0.5) is 5.69 Å². The number of ether oxygens (including phenoxy) is 1. The molecule has 0 spiro atoms. The highest BCUT2D eigenvalue weighted by Gasteiger charge is 2.34. The molecule has 0 aliphatic rings. The number of anilines is 1. The van der Waals surface area contributed by atoms with E-state index in [-0.39, 0.29) is 33.1 Å². The van der Waals surface area contributed by atoms with Gasteiger partial charge in [-0.3, -0.25) is 13.9 Å². The third-order valence-electron chi connectivity index (χ3n) is 6.24. The van der Waals surface area contributed by atoms with Crippen LogP contribution in [0.3, 0.4) is 0 Å². The van der Waals surface area contributed by atoms with Crippen LogP contribution in [0.5, 0.6) is 5.75 Å². The van der Waals surface area contributed by atoms with Gasteiger partial charge in [-0.15, -0.1) is 0 Å². The van der Waals surface area contributed by atoms with E-state index in [1.54, 1.807) is 50.4 Å². The van der Waals surface area contributed by atoms with Crippen LogP contribution in [-0.2, 0) is 26.2 Å². The first-order valence-corrected chi connectivity index (χ1v) is 15.1. The molecule has 3 aromatic rings. The van der Waals surface area contributed by atoms with Crippen molar-refractivity contribution in [2.75, 3.05) is 18.0 Å². The summed E-state index contributed by atoms with van der Waals surface area (Å²) in [5.74, 6) is -0.353. The minimum Gasteiger partial charge on any atom is -0.497 e. The number of nitrogens with zero attached hydrogens (tertiary/aromatic N) is 2. The summed E-state index contributed by atoms with van der Waals surface area (Å²) in [5.41, 5.74) is 1.10. The van der Waals surface area contributed by atoms with Gasteiger partial charge in [-0.25, -0.2) is 8.42 Å². The summed E-state index contributed by atoms with van der Waals surface area (Å²) in [4.78, 5) is 28.6. The lowest BCUT2D eigenvalue weighted by molar-refractivity contribution is -0.140. The van der Waals surface area contributed by atoms with Crippen molar-refractivity contribution in [3.8, 4) is 5.75 Å². The molecule has 41 heavy (non-hydrogen) atoms. The first-order chi connectivity index (χ1) is 19.1. The van der Waals surface area contributed by atoms with Gasteiger partial charge in [0.15, 0.2) is 0 Å². The Balaban J connectivity index is 2.07. The van der Waals surface area contributed by atoms with E-state index < -0.39 is 34.1 Å². The van der Waals surface area contributed by atoms with Crippen LogP contribution >= 0.6 is 23.2 Å². The lowest BCUT2D eigenvalue weighted by Crippen LogP contribution is -2.54. The maximum absolute atomic E-state index is 14.0. The quantitative estimate of drug-likeness (QED) is 0.308. The number of carbonyl (C=O) groups is 2. The number of carbonyl (C=O) groups excluding carboxylic acids is 2. The Morgan fingerprint density at radius 1 is 0.976 bits per heavy atom. The minimum absolute atomic E-state index is 0.0211. The number of sulfonamides is 1. The fourth-order valence-electron chi connectivity index (χ4n) is 4.01. The zero-order valence-corrected chi connectivity index (χ0v) is 26.3. The maximum atomic E-state index is 14.0. The summed E-state index contributed by atoms with van der Waals surface area (Å²) < 4.78 is 34.1. The summed E-state index contributed by atoms with van der Waals surface area (Å²) in [7, 11) is -2.72. The second-order valence-electron chi connectivity index (χ2n) is 10.7. The Morgan fingerprint density at radius 2 is 1.59 bits per heavy atom. The van der Waals surface area contributed by atoms with Crippen molar-refractivity contribution < 1.29 is 22.7 Å². The third kappa shape index (κ3) is 8.38. The molecule has 3 rings (SSSR count). The Hall–Kier alpha value is -3.27.